The molecular formula is C5H13ClO2. The van der Waals surface area contributed by atoms with Crippen LogP contribution in [0.25, 0.3) is 0 Å². The summed E-state index contributed by atoms with van der Waals surface area (Å²) in [6.45, 7) is 2.00. The first-order valence-electron chi connectivity index (χ1n) is 2.52. The van der Waals surface area contributed by atoms with Crippen molar-refractivity contribution in [1.82, 2.24) is 0 Å². The second-order valence-corrected chi connectivity index (χ2v) is 1.32. The van der Waals surface area contributed by atoms with Gasteiger partial charge in [0.2, 0.25) is 0 Å². The van der Waals surface area contributed by atoms with Crippen LogP contribution in [0.4, 0.5) is 0 Å². The molecule has 52 valence electrons. The van der Waals surface area contributed by atoms with E-state index in [1.54, 1.807) is 0 Å². The lowest BCUT2D eigenvalue weighted by atomic mass is 10.4. The molecule has 0 aromatic rings. The third kappa shape index (κ3) is 6.21. The van der Waals surface area contributed by atoms with Crippen molar-refractivity contribution in [1.29, 1.82) is 0 Å². The summed E-state index contributed by atoms with van der Waals surface area (Å²) in [4.78, 5) is 0. The Kier molecular flexibility index (Phi) is 14.2. The van der Waals surface area contributed by atoms with E-state index >= 15 is 0 Å². The molecule has 3 heteroatoms. The van der Waals surface area contributed by atoms with Crippen LogP contribution in [0.2, 0.25) is 0 Å². The van der Waals surface area contributed by atoms with Gasteiger partial charge in [0.15, 0.2) is 0 Å². The maximum absolute atomic E-state index is 7.00. The maximum atomic E-state index is 7.00. The van der Waals surface area contributed by atoms with Gasteiger partial charge in [-0.15, -0.1) is 12.4 Å². The Morgan fingerprint density at radius 2 is 1.50 bits per heavy atom. The van der Waals surface area contributed by atoms with Crippen LogP contribution in [0, 0.1) is 0 Å². The third-order valence-corrected chi connectivity index (χ3v) is 0.827. The van der Waals surface area contributed by atoms with Crippen molar-refractivity contribution in [2.75, 3.05) is 20.3 Å². The molecule has 0 unspecified atom stereocenters. The maximum Gasteiger partial charge on any atom is 0.0466 e. The summed E-state index contributed by atoms with van der Waals surface area (Å²) in [5, 5.41) is 7.00. The van der Waals surface area contributed by atoms with E-state index in [1.807, 2.05) is 0 Å². The zero-order valence-electron chi connectivity index (χ0n) is 5.09. The fourth-order valence-corrected chi connectivity index (χ4v) is 0.510. The second kappa shape index (κ2) is 10.2. The van der Waals surface area contributed by atoms with Crippen LogP contribution < -0.4 is 0 Å². The minimum Gasteiger partial charge on any atom is -0.400 e. The first-order valence-corrected chi connectivity index (χ1v) is 2.52. The lowest BCUT2D eigenvalue weighted by Crippen LogP contribution is -1.74. The molecular weight excluding hydrogens is 128 g/mol. The average Bonchev–Trinajstić information content (AvgIpc) is 2.23. The largest absolute Gasteiger partial charge is 0.400 e. The molecule has 0 spiro atoms. The lowest BCUT2D eigenvalue weighted by Gasteiger charge is -1.76. The zero-order valence-corrected chi connectivity index (χ0v) is 5.91. The molecule has 0 radical (unpaired) electrons. The van der Waals surface area contributed by atoms with E-state index < -0.39 is 0 Å². The number of ether oxygens (including phenoxy) is 1. The Balaban J connectivity index is 0. The summed E-state index contributed by atoms with van der Waals surface area (Å²) >= 11 is 0. The molecule has 0 atom stereocenters. The Labute approximate surface area is 56.3 Å². The number of aliphatic hydroxyl groups excluding tert-OH is 1. The molecule has 0 saturated carbocycles. The zero-order chi connectivity index (χ0) is 5.54. The van der Waals surface area contributed by atoms with Gasteiger partial charge in [0, 0.05) is 20.3 Å². The molecule has 0 bridgehead atoms. The highest BCUT2D eigenvalue weighted by Crippen LogP contribution is 1.98. The van der Waals surface area contributed by atoms with Gasteiger partial charge in [-0.2, -0.15) is 0 Å². The predicted octanol–water partition coefficient (Wildman–Crippen LogP) is 0.827. The van der Waals surface area contributed by atoms with Gasteiger partial charge >= 0.3 is 0 Å². The SMILES string of the molecule is C1CCOC1.CO.Cl. The molecule has 1 fully saturated rings. The summed E-state index contributed by atoms with van der Waals surface area (Å²) in [7, 11) is 1.00. The van der Waals surface area contributed by atoms with Gasteiger partial charge in [0.1, 0.15) is 0 Å². The van der Waals surface area contributed by atoms with Crippen LogP contribution >= 0.6 is 12.4 Å². The first kappa shape index (κ1) is 11.1. The Morgan fingerprint density at radius 3 is 1.62 bits per heavy atom. The number of hydrogen-bond donors (Lipinski definition) is 1. The molecule has 1 heterocycles. The van der Waals surface area contributed by atoms with E-state index in [4.69, 9.17) is 9.84 Å². The van der Waals surface area contributed by atoms with Crippen LogP contribution in [0.5, 0.6) is 0 Å². The van der Waals surface area contributed by atoms with Crippen molar-refractivity contribution < 1.29 is 9.84 Å². The van der Waals surface area contributed by atoms with E-state index in [1.165, 1.54) is 12.8 Å². The molecule has 8 heavy (non-hydrogen) atoms. The summed E-state index contributed by atoms with van der Waals surface area (Å²) in [5.41, 5.74) is 0. The van der Waals surface area contributed by atoms with Crippen LogP contribution in [0.3, 0.4) is 0 Å². The Morgan fingerprint density at radius 1 is 1.12 bits per heavy atom. The van der Waals surface area contributed by atoms with E-state index in [0.29, 0.717) is 0 Å². The lowest BCUT2D eigenvalue weighted by molar-refractivity contribution is 0.198. The summed E-state index contributed by atoms with van der Waals surface area (Å²) in [5.74, 6) is 0. The summed E-state index contributed by atoms with van der Waals surface area (Å²) in [6, 6.07) is 0. The highest BCUT2D eigenvalue weighted by Gasteiger charge is 1.94. The molecule has 1 aliphatic heterocycles. The van der Waals surface area contributed by atoms with E-state index in [-0.39, 0.29) is 12.4 Å². The first-order chi connectivity index (χ1) is 3.50. The predicted molar refractivity (Wildman–Crippen MR) is 35.4 cm³/mol. The van der Waals surface area contributed by atoms with Gasteiger partial charge in [0.25, 0.3) is 0 Å². The van der Waals surface area contributed by atoms with Crippen molar-refractivity contribution in [3.05, 3.63) is 0 Å². The molecule has 0 aromatic carbocycles. The fraction of sp³-hybridized carbons (Fsp3) is 1.00. The van der Waals surface area contributed by atoms with Crippen molar-refractivity contribution >= 4 is 12.4 Å². The van der Waals surface area contributed by atoms with Gasteiger partial charge in [-0.05, 0) is 12.8 Å². The van der Waals surface area contributed by atoms with Gasteiger partial charge in [-0.25, -0.2) is 0 Å². The number of halogens is 1. The monoisotopic (exact) mass is 140 g/mol. The van der Waals surface area contributed by atoms with Crippen molar-refractivity contribution in [3.63, 3.8) is 0 Å². The van der Waals surface area contributed by atoms with Gasteiger partial charge in [-0.1, -0.05) is 0 Å². The highest BCUT2D eigenvalue weighted by molar-refractivity contribution is 5.85. The number of hydrogen-bond acceptors (Lipinski definition) is 2. The van der Waals surface area contributed by atoms with Crippen LogP contribution in [-0.2, 0) is 4.74 Å². The van der Waals surface area contributed by atoms with E-state index in [2.05, 4.69) is 0 Å². The van der Waals surface area contributed by atoms with Crippen molar-refractivity contribution in [2.24, 2.45) is 0 Å². The molecule has 1 saturated heterocycles. The third-order valence-electron chi connectivity index (χ3n) is 0.827. The molecule has 2 nitrogen and oxygen atoms in total. The smallest absolute Gasteiger partial charge is 0.0466 e. The Bertz CT molecular complexity index is 22.0. The van der Waals surface area contributed by atoms with Gasteiger partial charge in [0.05, 0.1) is 0 Å². The fourth-order valence-electron chi connectivity index (χ4n) is 0.510. The summed E-state index contributed by atoms with van der Waals surface area (Å²) in [6.07, 6.45) is 2.56. The standard InChI is InChI=1S/C4H8O.CH4O.ClH/c1-2-4-5-3-1;1-2;/h1-4H2;2H,1H3;1H. The van der Waals surface area contributed by atoms with Gasteiger partial charge < -0.3 is 9.84 Å². The van der Waals surface area contributed by atoms with Crippen LogP contribution in [-0.4, -0.2) is 25.4 Å². The minimum absolute atomic E-state index is 0. The normalized spacial score (nSPS) is 15.8. The topological polar surface area (TPSA) is 29.5 Å². The molecule has 1 aliphatic rings. The van der Waals surface area contributed by atoms with Crippen molar-refractivity contribution in [2.45, 2.75) is 12.8 Å². The molecule has 1 N–H and O–H groups in total. The van der Waals surface area contributed by atoms with E-state index in [9.17, 15) is 0 Å². The Hall–Kier alpha value is 0.210. The van der Waals surface area contributed by atoms with Crippen LogP contribution in [0.15, 0.2) is 0 Å². The van der Waals surface area contributed by atoms with Gasteiger partial charge in [-0.3, -0.25) is 0 Å². The van der Waals surface area contributed by atoms with Crippen LogP contribution in [0.1, 0.15) is 12.8 Å². The molecule has 0 aromatic heterocycles. The average molecular weight is 141 g/mol. The summed E-state index contributed by atoms with van der Waals surface area (Å²) < 4.78 is 4.94. The van der Waals surface area contributed by atoms with E-state index in [0.717, 1.165) is 20.3 Å². The minimum atomic E-state index is 0. The number of rotatable bonds is 0. The van der Waals surface area contributed by atoms with Crippen molar-refractivity contribution in [3.8, 4) is 0 Å². The molecule has 0 aliphatic carbocycles. The molecule has 1 rings (SSSR count). The molecule has 0 amide bonds. The number of aliphatic hydroxyl groups is 1. The second-order valence-electron chi connectivity index (χ2n) is 1.32. The quantitative estimate of drug-likeness (QED) is 0.540. The highest BCUT2D eigenvalue weighted by atomic mass is 35.5.